The molecule has 10 nitrogen and oxygen atoms in total. The van der Waals surface area contributed by atoms with E-state index in [0.717, 1.165) is 38.5 Å². The predicted molar refractivity (Wildman–Crippen MR) is 260 cm³/mol. The molecular formula is C52H92NO9P. The van der Waals surface area contributed by atoms with Crippen molar-refractivity contribution < 1.29 is 47.2 Å². The van der Waals surface area contributed by atoms with Gasteiger partial charge in [-0.05, 0) is 70.6 Å². The van der Waals surface area contributed by atoms with Crippen LogP contribution in [0.2, 0.25) is 0 Å². The number of phosphoric ester groups is 1. The highest BCUT2D eigenvalue weighted by Crippen LogP contribution is 2.38. The highest BCUT2D eigenvalue weighted by atomic mass is 31.2. The first-order valence-electron chi connectivity index (χ1n) is 24.8. The van der Waals surface area contributed by atoms with E-state index in [1.807, 2.05) is 52.4 Å². The van der Waals surface area contributed by atoms with Gasteiger partial charge in [0.15, 0.2) is 6.10 Å². The highest BCUT2D eigenvalue weighted by molar-refractivity contribution is 7.45. The maximum atomic E-state index is 12.7. The molecule has 0 spiro atoms. The standard InChI is InChI=1S/C52H92NO9P/c1-6-8-9-10-11-12-13-14-15-16-17-18-19-20-21-26-29-32-35-38-41-44-52(56)62-50(48-61-63(57,58)60-46-45-53(3,4)5)47-59-51(55)43-40-37-34-31-28-25-23-22-24-27-30-33-36-39-42-49(54)7-2/h14-15,23-25,27,31,33-34,36,39,42,49-50,54H,6-13,16-22,26,28-30,32,35,37-38,40-41,43-48H2,1-5H3/b15-14-,25-23-,27-24-,34-31-,36-33-,42-39+/t49-,50+/m0/s1. The summed E-state index contributed by atoms with van der Waals surface area (Å²) < 4.78 is 33.9. The number of rotatable bonds is 44. The third kappa shape index (κ3) is 47.2. The van der Waals surface area contributed by atoms with Gasteiger partial charge in [-0.3, -0.25) is 14.2 Å². The summed E-state index contributed by atoms with van der Waals surface area (Å²) in [5, 5.41) is 9.49. The van der Waals surface area contributed by atoms with E-state index >= 15 is 0 Å². The van der Waals surface area contributed by atoms with E-state index in [1.165, 1.54) is 96.3 Å². The van der Waals surface area contributed by atoms with Crippen molar-refractivity contribution in [2.75, 3.05) is 47.5 Å². The van der Waals surface area contributed by atoms with Gasteiger partial charge in [0, 0.05) is 12.8 Å². The van der Waals surface area contributed by atoms with Crippen molar-refractivity contribution in [1.82, 2.24) is 0 Å². The molecule has 364 valence electrons. The largest absolute Gasteiger partial charge is 0.756 e. The van der Waals surface area contributed by atoms with Crippen molar-refractivity contribution >= 4 is 19.8 Å². The number of hydrogen-bond donors (Lipinski definition) is 1. The molecule has 0 rings (SSSR count). The number of likely N-dealkylation sites (N-methyl/N-ethyl adjacent to an activating group) is 1. The molecule has 0 aromatic carbocycles. The number of phosphoric acid groups is 1. The molecule has 0 aliphatic heterocycles. The van der Waals surface area contributed by atoms with Gasteiger partial charge in [0.2, 0.25) is 0 Å². The molecule has 63 heavy (non-hydrogen) atoms. The van der Waals surface area contributed by atoms with Crippen molar-refractivity contribution in [3.8, 4) is 0 Å². The van der Waals surface area contributed by atoms with Crippen LogP contribution in [0.25, 0.3) is 0 Å². The molecule has 0 saturated carbocycles. The van der Waals surface area contributed by atoms with E-state index in [9.17, 15) is 24.2 Å². The summed E-state index contributed by atoms with van der Waals surface area (Å²) >= 11 is 0. The number of aliphatic hydroxyl groups is 1. The Morgan fingerprint density at radius 1 is 0.587 bits per heavy atom. The lowest BCUT2D eigenvalue weighted by Crippen LogP contribution is -2.37. The molecule has 0 aliphatic rings. The smallest absolute Gasteiger partial charge is 0.306 e. The van der Waals surface area contributed by atoms with Crippen molar-refractivity contribution in [3.63, 3.8) is 0 Å². The van der Waals surface area contributed by atoms with Gasteiger partial charge in [0.1, 0.15) is 19.8 Å². The lowest BCUT2D eigenvalue weighted by atomic mass is 10.0. The Bertz CT molecular complexity index is 1320. The minimum absolute atomic E-state index is 0.0486. The van der Waals surface area contributed by atoms with Crippen molar-refractivity contribution in [1.29, 1.82) is 0 Å². The maximum Gasteiger partial charge on any atom is 0.306 e. The molecule has 3 atom stereocenters. The normalized spacial score (nSPS) is 14.6. The van der Waals surface area contributed by atoms with Crippen LogP contribution in [0.15, 0.2) is 72.9 Å². The number of carbonyl (C=O) groups is 2. The van der Waals surface area contributed by atoms with Gasteiger partial charge in [0.25, 0.3) is 7.82 Å². The van der Waals surface area contributed by atoms with Gasteiger partial charge in [0.05, 0.1) is 33.9 Å². The fourth-order valence-corrected chi connectivity index (χ4v) is 7.07. The van der Waals surface area contributed by atoms with Crippen molar-refractivity contribution in [2.24, 2.45) is 0 Å². The molecule has 0 fully saturated rings. The van der Waals surface area contributed by atoms with E-state index in [2.05, 4.69) is 49.5 Å². The van der Waals surface area contributed by atoms with Crippen LogP contribution < -0.4 is 4.89 Å². The number of unbranched alkanes of at least 4 members (excludes halogenated alkanes) is 18. The monoisotopic (exact) mass is 906 g/mol. The number of hydrogen-bond acceptors (Lipinski definition) is 9. The Morgan fingerprint density at radius 3 is 1.62 bits per heavy atom. The number of aliphatic hydroxyl groups excluding tert-OH is 1. The van der Waals surface area contributed by atoms with E-state index < -0.39 is 32.5 Å². The second kappa shape index (κ2) is 43.3. The molecular weight excluding hydrogens is 814 g/mol. The van der Waals surface area contributed by atoms with Gasteiger partial charge in [-0.15, -0.1) is 0 Å². The van der Waals surface area contributed by atoms with Crippen LogP contribution in [0.4, 0.5) is 0 Å². The van der Waals surface area contributed by atoms with Gasteiger partial charge in [-0.25, -0.2) is 0 Å². The van der Waals surface area contributed by atoms with Gasteiger partial charge < -0.3 is 33.0 Å². The third-order valence-electron chi connectivity index (χ3n) is 10.4. The van der Waals surface area contributed by atoms with Gasteiger partial charge in [-0.2, -0.15) is 0 Å². The average molecular weight is 906 g/mol. The van der Waals surface area contributed by atoms with E-state index in [-0.39, 0.29) is 32.2 Å². The number of esters is 2. The molecule has 0 radical (unpaired) electrons. The first-order chi connectivity index (χ1) is 30.4. The maximum absolute atomic E-state index is 12.7. The first-order valence-corrected chi connectivity index (χ1v) is 26.2. The minimum Gasteiger partial charge on any atom is -0.756 e. The molecule has 0 heterocycles. The Kier molecular flexibility index (Phi) is 41.5. The molecule has 0 saturated heterocycles. The fourth-order valence-electron chi connectivity index (χ4n) is 6.34. The molecule has 0 aliphatic carbocycles. The molecule has 0 aromatic rings. The predicted octanol–water partition coefficient (Wildman–Crippen LogP) is 12.9. The molecule has 0 aromatic heterocycles. The number of carbonyl (C=O) groups excluding carboxylic acids is 2. The number of nitrogens with zero attached hydrogens (tertiary/aromatic N) is 1. The number of allylic oxidation sites excluding steroid dienone is 11. The Morgan fingerprint density at radius 2 is 1.06 bits per heavy atom. The summed E-state index contributed by atoms with van der Waals surface area (Å²) in [6.45, 7) is 3.82. The van der Waals surface area contributed by atoms with Gasteiger partial charge in [-0.1, -0.05) is 177 Å². The topological polar surface area (TPSA) is 131 Å². The molecule has 11 heteroatoms. The SMILES string of the molecule is CCCCCCCC/C=C\CCCCCCCCCCCCCC(=O)O[C@H](COC(=O)CCC/C=C\C/C=C\C/C=C\C/C=C\C=C\[C@@H](O)CC)COP(=O)([O-])OCC[N+](C)(C)C. The second-order valence-corrected chi connectivity index (χ2v) is 19.1. The molecule has 1 N–H and O–H groups in total. The lowest BCUT2D eigenvalue weighted by Gasteiger charge is -2.28. The average Bonchev–Trinajstić information content (AvgIpc) is 3.24. The van der Waals surface area contributed by atoms with Crippen LogP contribution in [-0.4, -0.2) is 81.2 Å². The van der Waals surface area contributed by atoms with E-state index in [1.54, 1.807) is 6.08 Å². The minimum atomic E-state index is -4.65. The van der Waals surface area contributed by atoms with Crippen LogP contribution in [0, 0.1) is 0 Å². The third-order valence-corrected chi connectivity index (χ3v) is 11.3. The van der Waals surface area contributed by atoms with Crippen LogP contribution in [0.3, 0.4) is 0 Å². The van der Waals surface area contributed by atoms with E-state index in [4.69, 9.17) is 18.5 Å². The Balaban J connectivity index is 4.37. The van der Waals surface area contributed by atoms with Gasteiger partial charge >= 0.3 is 11.9 Å². The van der Waals surface area contributed by atoms with Crippen molar-refractivity contribution in [3.05, 3.63) is 72.9 Å². The molecule has 0 amide bonds. The fraction of sp³-hybridized carbons (Fsp3) is 0.731. The van der Waals surface area contributed by atoms with Crippen LogP contribution in [0.1, 0.15) is 187 Å². The molecule has 0 bridgehead atoms. The quantitative estimate of drug-likeness (QED) is 0.0158. The van der Waals surface area contributed by atoms with Crippen LogP contribution in [-0.2, 0) is 32.7 Å². The van der Waals surface area contributed by atoms with Crippen molar-refractivity contribution in [2.45, 2.75) is 199 Å². The van der Waals surface area contributed by atoms with E-state index in [0.29, 0.717) is 36.7 Å². The first kappa shape index (κ1) is 60.4. The summed E-state index contributed by atoms with van der Waals surface area (Å²) in [4.78, 5) is 37.7. The number of quaternary nitrogens is 1. The summed E-state index contributed by atoms with van der Waals surface area (Å²) in [5.41, 5.74) is 0. The Hall–Kier alpha value is -2.59. The summed E-state index contributed by atoms with van der Waals surface area (Å²) in [6, 6.07) is 0. The van der Waals surface area contributed by atoms with Crippen LogP contribution in [0.5, 0.6) is 0 Å². The summed E-state index contributed by atoms with van der Waals surface area (Å²) in [6.07, 6.45) is 51.7. The van der Waals surface area contributed by atoms with Crippen LogP contribution >= 0.6 is 7.82 Å². The summed E-state index contributed by atoms with van der Waals surface area (Å²) in [7, 11) is 1.11. The second-order valence-electron chi connectivity index (χ2n) is 17.6. The highest BCUT2D eigenvalue weighted by Gasteiger charge is 2.21. The zero-order chi connectivity index (χ0) is 46.5. The number of ether oxygens (including phenoxy) is 2. The zero-order valence-corrected chi connectivity index (χ0v) is 41.5. The summed E-state index contributed by atoms with van der Waals surface area (Å²) in [5.74, 6) is -0.924. The molecule has 1 unspecified atom stereocenters. The zero-order valence-electron chi connectivity index (χ0n) is 40.6. The Labute approximate surface area is 385 Å². The lowest BCUT2D eigenvalue weighted by molar-refractivity contribution is -0.870.